The fourth-order valence-electron chi connectivity index (χ4n) is 1.85. The Kier molecular flexibility index (Phi) is 7.02. The number of hydrogen-bond donors (Lipinski definition) is 1. The van der Waals surface area contributed by atoms with Gasteiger partial charge < -0.3 is 5.32 Å². The summed E-state index contributed by atoms with van der Waals surface area (Å²) in [5.74, 6) is 0.814. The van der Waals surface area contributed by atoms with Crippen LogP contribution in [0.4, 0.5) is 5.13 Å². The largest absolute Gasteiger partial charge is 0.311 e. The van der Waals surface area contributed by atoms with Crippen molar-refractivity contribution < 1.29 is 4.79 Å². The SMILES string of the molecule is CCN(C(C)=O)c1nc(CNCCCC(C)C)cs1. The van der Waals surface area contributed by atoms with Crippen LogP contribution in [-0.2, 0) is 11.3 Å². The van der Waals surface area contributed by atoms with E-state index in [2.05, 4.69) is 24.1 Å². The quantitative estimate of drug-likeness (QED) is 0.746. The summed E-state index contributed by atoms with van der Waals surface area (Å²) >= 11 is 1.53. The van der Waals surface area contributed by atoms with Gasteiger partial charge in [-0.25, -0.2) is 4.98 Å². The second-order valence-corrected chi connectivity index (χ2v) is 5.93. The Labute approximate surface area is 120 Å². The van der Waals surface area contributed by atoms with Crippen LogP contribution in [0.3, 0.4) is 0 Å². The zero-order valence-corrected chi connectivity index (χ0v) is 13.2. The van der Waals surface area contributed by atoms with Crippen LogP contribution < -0.4 is 10.2 Å². The average molecular weight is 283 g/mol. The Morgan fingerprint density at radius 3 is 2.84 bits per heavy atom. The minimum Gasteiger partial charge on any atom is -0.311 e. The molecule has 1 aromatic heterocycles. The van der Waals surface area contributed by atoms with E-state index in [1.807, 2.05) is 12.3 Å². The van der Waals surface area contributed by atoms with Crippen LogP contribution in [-0.4, -0.2) is 24.0 Å². The normalized spacial score (nSPS) is 11.0. The minimum atomic E-state index is 0.0493. The third-order valence-corrected chi connectivity index (χ3v) is 3.82. The molecular formula is C14H25N3OS. The second-order valence-electron chi connectivity index (χ2n) is 5.10. The number of amides is 1. The van der Waals surface area contributed by atoms with Crippen LogP contribution in [0.5, 0.6) is 0 Å². The molecule has 1 heterocycles. The van der Waals surface area contributed by atoms with Crippen molar-refractivity contribution >= 4 is 22.4 Å². The Morgan fingerprint density at radius 2 is 2.26 bits per heavy atom. The minimum absolute atomic E-state index is 0.0493. The molecule has 0 unspecified atom stereocenters. The molecule has 19 heavy (non-hydrogen) atoms. The standard InChI is InChI=1S/C14H25N3OS/c1-5-17(12(4)18)14-16-13(10-19-14)9-15-8-6-7-11(2)3/h10-11,15H,5-9H2,1-4H3. The van der Waals surface area contributed by atoms with Gasteiger partial charge in [-0.15, -0.1) is 11.3 Å². The van der Waals surface area contributed by atoms with Gasteiger partial charge in [-0.1, -0.05) is 13.8 Å². The number of hydrogen-bond acceptors (Lipinski definition) is 4. The first-order chi connectivity index (χ1) is 9.04. The predicted molar refractivity (Wildman–Crippen MR) is 81.6 cm³/mol. The molecule has 0 aromatic carbocycles. The lowest BCUT2D eigenvalue weighted by Gasteiger charge is -2.14. The van der Waals surface area contributed by atoms with E-state index in [1.165, 1.54) is 24.2 Å². The number of anilines is 1. The van der Waals surface area contributed by atoms with E-state index >= 15 is 0 Å². The monoisotopic (exact) mass is 283 g/mol. The summed E-state index contributed by atoms with van der Waals surface area (Å²) in [6, 6.07) is 0. The Balaban J connectivity index is 2.36. The third kappa shape index (κ3) is 5.70. The van der Waals surface area contributed by atoms with Crippen LogP contribution in [0.2, 0.25) is 0 Å². The van der Waals surface area contributed by atoms with Gasteiger partial charge in [-0.05, 0) is 32.2 Å². The molecule has 0 fully saturated rings. The summed E-state index contributed by atoms with van der Waals surface area (Å²) in [6.45, 7) is 10.5. The molecule has 1 aromatic rings. The van der Waals surface area contributed by atoms with Gasteiger partial charge in [0.1, 0.15) is 0 Å². The Hall–Kier alpha value is -0.940. The lowest BCUT2D eigenvalue weighted by atomic mass is 10.1. The highest BCUT2D eigenvalue weighted by Gasteiger charge is 2.12. The van der Waals surface area contributed by atoms with Crippen molar-refractivity contribution in [1.82, 2.24) is 10.3 Å². The van der Waals surface area contributed by atoms with Gasteiger partial charge in [-0.3, -0.25) is 9.69 Å². The molecule has 0 saturated heterocycles. The van der Waals surface area contributed by atoms with Crippen molar-refractivity contribution in [3.8, 4) is 0 Å². The van der Waals surface area contributed by atoms with Crippen molar-refractivity contribution in [3.05, 3.63) is 11.1 Å². The maximum Gasteiger partial charge on any atom is 0.225 e. The van der Waals surface area contributed by atoms with Crippen LogP contribution >= 0.6 is 11.3 Å². The number of carbonyl (C=O) groups excluding carboxylic acids is 1. The lowest BCUT2D eigenvalue weighted by Crippen LogP contribution is -2.27. The smallest absolute Gasteiger partial charge is 0.225 e. The number of aromatic nitrogens is 1. The molecule has 108 valence electrons. The molecule has 4 nitrogen and oxygen atoms in total. The van der Waals surface area contributed by atoms with E-state index in [0.29, 0.717) is 6.54 Å². The first kappa shape index (κ1) is 16.1. The van der Waals surface area contributed by atoms with Crippen LogP contribution in [0, 0.1) is 5.92 Å². The number of nitrogens with one attached hydrogen (secondary N) is 1. The second kappa shape index (κ2) is 8.27. The van der Waals surface area contributed by atoms with Gasteiger partial charge in [0, 0.05) is 25.4 Å². The average Bonchev–Trinajstić information content (AvgIpc) is 2.77. The van der Waals surface area contributed by atoms with Crippen LogP contribution in [0.25, 0.3) is 0 Å². The number of nitrogens with zero attached hydrogens (tertiary/aromatic N) is 2. The third-order valence-electron chi connectivity index (χ3n) is 2.91. The van der Waals surface area contributed by atoms with Crippen LogP contribution in [0.1, 0.15) is 46.2 Å². The van der Waals surface area contributed by atoms with Gasteiger partial charge in [0.2, 0.25) is 5.91 Å². The molecule has 5 heteroatoms. The summed E-state index contributed by atoms with van der Waals surface area (Å²) in [5.41, 5.74) is 1.02. The molecule has 0 aliphatic heterocycles. The van der Waals surface area contributed by atoms with E-state index in [4.69, 9.17) is 0 Å². The number of carbonyl (C=O) groups is 1. The summed E-state index contributed by atoms with van der Waals surface area (Å²) in [6.07, 6.45) is 2.45. The highest BCUT2D eigenvalue weighted by Crippen LogP contribution is 2.20. The first-order valence-corrected chi connectivity index (χ1v) is 7.85. The summed E-state index contributed by atoms with van der Waals surface area (Å²) in [5, 5.41) is 6.22. The molecule has 0 radical (unpaired) electrons. The van der Waals surface area contributed by atoms with Crippen molar-refractivity contribution in [3.63, 3.8) is 0 Å². The molecule has 0 aliphatic rings. The molecular weight excluding hydrogens is 258 g/mol. The highest BCUT2D eigenvalue weighted by molar-refractivity contribution is 7.14. The zero-order chi connectivity index (χ0) is 14.3. The van der Waals surface area contributed by atoms with Gasteiger partial charge in [0.05, 0.1) is 5.69 Å². The fourth-order valence-corrected chi connectivity index (χ4v) is 2.78. The number of thiazole rings is 1. The molecule has 0 spiro atoms. The van der Waals surface area contributed by atoms with Crippen molar-refractivity contribution in [2.75, 3.05) is 18.0 Å². The molecule has 1 N–H and O–H groups in total. The van der Waals surface area contributed by atoms with E-state index in [1.54, 1.807) is 11.8 Å². The van der Waals surface area contributed by atoms with Crippen molar-refractivity contribution in [1.29, 1.82) is 0 Å². The Morgan fingerprint density at radius 1 is 1.53 bits per heavy atom. The van der Waals surface area contributed by atoms with Gasteiger partial charge in [-0.2, -0.15) is 0 Å². The Bertz CT molecular complexity index is 390. The number of rotatable bonds is 8. The van der Waals surface area contributed by atoms with Gasteiger partial charge in [0.25, 0.3) is 0 Å². The fraction of sp³-hybridized carbons (Fsp3) is 0.714. The van der Waals surface area contributed by atoms with Crippen molar-refractivity contribution in [2.45, 2.75) is 47.1 Å². The van der Waals surface area contributed by atoms with E-state index < -0.39 is 0 Å². The van der Waals surface area contributed by atoms with E-state index in [-0.39, 0.29) is 5.91 Å². The maximum absolute atomic E-state index is 11.4. The zero-order valence-electron chi connectivity index (χ0n) is 12.4. The lowest BCUT2D eigenvalue weighted by molar-refractivity contribution is -0.116. The van der Waals surface area contributed by atoms with Crippen LogP contribution in [0.15, 0.2) is 5.38 Å². The molecule has 1 amide bonds. The summed E-state index contributed by atoms with van der Waals surface area (Å²) in [4.78, 5) is 17.6. The summed E-state index contributed by atoms with van der Waals surface area (Å²) < 4.78 is 0. The van der Waals surface area contributed by atoms with E-state index in [9.17, 15) is 4.79 Å². The molecule has 0 bridgehead atoms. The topological polar surface area (TPSA) is 45.2 Å². The van der Waals surface area contributed by atoms with Gasteiger partial charge in [0.15, 0.2) is 5.13 Å². The molecule has 1 rings (SSSR count). The molecule has 0 saturated carbocycles. The summed E-state index contributed by atoms with van der Waals surface area (Å²) in [7, 11) is 0. The maximum atomic E-state index is 11.4. The first-order valence-electron chi connectivity index (χ1n) is 6.97. The van der Waals surface area contributed by atoms with Crippen molar-refractivity contribution in [2.24, 2.45) is 5.92 Å². The molecule has 0 aliphatic carbocycles. The highest BCUT2D eigenvalue weighted by atomic mass is 32.1. The molecule has 0 atom stereocenters. The van der Waals surface area contributed by atoms with E-state index in [0.717, 1.165) is 29.8 Å². The van der Waals surface area contributed by atoms with Gasteiger partial charge >= 0.3 is 0 Å². The predicted octanol–water partition coefficient (Wildman–Crippen LogP) is 3.04.